The molecule has 0 saturated heterocycles. The van der Waals surface area contributed by atoms with Crippen molar-refractivity contribution in [3.63, 3.8) is 0 Å². The lowest BCUT2D eigenvalue weighted by Gasteiger charge is -2.05. The largest absolute Gasteiger partial charge is 0.316 e. The number of rotatable bonds is 30. The van der Waals surface area contributed by atoms with Crippen molar-refractivity contribution < 1.29 is 19.2 Å². The second-order valence-corrected chi connectivity index (χ2v) is 12.4. The van der Waals surface area contributed by atoms with Crippen LogP contribution in [0.4, 0.5) is 0 Å². The Morgan fingerprint density at radius 3 is 0.909 bits per heavy atom. The molecule has 4 amide bonds. The summed E-state index contributed by atoms with van der Waals surface area (Å²) in [4.78, 5) is 47.9. The second-order valence-electron chi connectivity index (χ2n) is 12.4. The summed E-state index contributed by atoms with van der Waals surface area (Å²) in [5.41, 5.74) is 0. The number of allylic oxidation sites excluding steroid dienone is 4. The quantitative estimate of drug-likeness (QED) is 0.0477. The van der Waals surface area contributed by atoms with Gasteiger partial charge in [0.05, 0.1) is 0 Å². The highest BCUT2D eigenvalue weighted by molar-refractivity contribution is 6.40. The van der Waals surface area contributed by atoms with E-state index in [1.165, 1.54) is 89.9 Å². The number of imide groups is 2. The molecular formula is C38H68N2O4. The summed E-state index contributed by atoms with van der Waals surface area (Å²) < 4.78 is 0. The molecule has 0 spiro atoms. The molecule has 0 unspecified atom stereocenters. The van der Waals surface area contributed by atoms with Crippen LogP contribution in [-0.2, 0) is 19.2 Å². The molecule has 44 heavy (non-hydrogen) atoms. The minimum Gasteiger partial charge on any atom is -0.288 e. The Bertz CT molecular complexity index is 711. The zero-order valence-corrected chi connectivity index (χ0v) is 28.7. The maximum absolute atomic E-state index is 12.0. The van der Waals surface area contributed by atoms with E-state index in [0.29, 0.717) is 12.8 Å². The van der Waals surface area contributed by atoms with Gasteiger partial charge >= 0.3 is 11.8 Å². The average Bonchev–Trinajstić information content (AvgIpc) is 3.00. The third-order valence-electron chi connectivity index (χ3n) is 8.04. The van der Waals surface area contributed by atoms with Crippen LogP contribution in [0.3, 0.4) is 0 Å². The van der Waals surface area contributed by atoms with Gasteiger partial charge in [0, 0.05) is 12.8 Å². The van der Waals surface area contributed by atoms with Crippen molar-refractivity contribution in [3.8, 4) is 0 Å². The maximum Gasteiger partial charge on any atom is 0.316 e. The van der Waals surface area contributed by atoms with E-state index in [-0.39, 0.29) is 12.8 Å². The molecule has 0 bridgehead atoms. The summed E-state index contributed by atoms with van der Waals surface area (Å²) in [7, 11) is 0. The fourth-order valence-corrected chi connectivity index (χ4v) is 5.20. The Kier molecular flexibility index (Phi) is 31.9. The summed E-state index contributed by atoms with van der Waals surface area (Å²) in [6.07, 6.45) is 40.1. The van der Waals surface area contributed by atoms with Gasteiger partial charge in [-0.25, -0.2) is 0 Å². The number of hydrogen-bond donors (Lipinski definition) is 2. The van der Waals surface area contributed by atoms with E-state index >= 15 is 0 Å². The molecule has 0 aromatic rings. The highest BCUT2D eigenvalue weighted by atomic mass is 16.2. The Balaban J connectivity index is 3.61. The average molecular weight is 617 g/mol. The van der Waals surface area contributed by atoms with Crippen molar-refractivity contribution in [1.29, 1.82) is 0 Å². The van der Waals surface area contributed by atoms with Crippen molar-refractivity contribution in [2.45, 2.75) is 194 Å². The van der Waals surface area contributed by atoms with E-state index in [0.717, 1.165) is 64.2 Å². The van der Waals surface area contributed by atoms with Gasteiger partial charge in [0.15, 0.2) is 0 Å². The standard InChI is InChI=1S/C38H68N2O4/c1-3-5-7-9-11-13-15-17-19-21-23-25-27-29-31-33-35(41)39-37(43)38(44)40-36(42)34-32-30-28-26-24-22-20-18-16-14-12-10-8-6-4-2/h17-20H,3-16,21-34H2,1-2H3,(H,39,41,43)(H,40,42,44). The van der Waals surface area contributed by atoms with Crippen molar-refractivity contribution in [3.05, 3.63) is 24.3 Å². The van der Waals surface area contributed by atoms with Crippen LogP contribution in [0.2, 0.25) is 0 Å². The molecule has 0 aliphatic rings. The lowest BCUT2D eigenvalue weighted by molar-refractivity contribution is -0.144. The lowest BCUT2D eigenvalue weighted by atomic mass is 10.1. The van der Waals surface area contributed by atoms with Gasteiger partial charge in [-0.05, 0) is 64.2 Å². The van der Waals surface area contributed by atoms with Gasteiger partial charge in [0.2, 0.25) is 11.8 Å². The van der Waals surface area contributed by atoms with Crippen LogP contribution in [0, 0.1) is 0 Å². The van der Waals surface area contributed by atoms with E-state index in [9.17, 15) is 19.2 Å². The molecule has 0 aromatic carbocycles. The topological polar surface area (TPSA) is 92.3 Å². The molecule has 254 valence electrons. The highest BCUT2D eigenvalue weighted by Gasteiger charge is 2.18. The fourth-order valence-electron chi connectivity index (χ4n) is 5.20. The van der Waals surface area contributed by atoms with Crippen molar-refractivity contribution >= 4 is 23.6 Å². The molecule has 2 N–H and O–H groups in total. The number of carbonyl (C=O) groups excluding carboxylic acids is 4. The smallest absolute Gasteiger partial charge is 0.288 e. The Labute approximate surface area is 271 Å². The number of nitrogens with one attached hydrogen (secondary N) is 2. The number of hydrogen-bond acceptors (Lipinski definition) is 4. The fraction of sp³-hybridized carbons (Fsp3) is 0.789. The van der Waals surface area contributed by atoms with Gasteiger partial charge < -0.3 is 0 Å². The van der Waals surface area contributed by atoms with E-state index in [2.05, 4.69) is 48.8 Å². The molecule has 6 nitrogen and oxygen atoms in total. The molecule has 0 heterocycles. The Hall–Kier alpha value is -2.24. The van der Waals surface area contributed by atoms with Crippen LogP contribution >= 0.6 is 0 Å². The van der Waals surface area contributed by atoms with E-state index in [1.54, 1.807) is 0 Å². The van der Waals surface area contributed by atoms with E-state index in [4.69, 9.17) is 0 Å². The van der Waals surface area contributed by atoms with Gasteiger partial charge in [0.25, 0.3) is 0 Å². The molecule has 0 atom stereocenters. The first-order valence-electron chi connectivity index (χ1n) is 18.5. The Morgan fingerprint density at radius 2 is 0.614 bits per heavy atom. The molecule has 6 heteroatoms. The molecule has 0 aromatic heterocycles. The minimum absolute atomic E-state index is 0.208. The first kappa shape index (κ1) is 41.8. The van der Waals surface area contributed by atoms with Crippen molar-refractivity contribution in [1.82, 2.24) is 10.6 Å². The number of unbranched alkanes of at least 4 members (excludes halogenated alkanes) is 22. The first-order chi connectivity index (χ1) is 21.5. The molecule has 0 radical (unpaired) electrons. The lowest BCUT2D eigenvalue weighted by Crippen LogP contribution is -2.44. The van der Waals surface area contributed by atoms with Gasteiger partial charge in [-0.1, -0.05) is 141 Å². The van der Waals surface area contributed by atoms with Gasteiger partial charge in [-0.3, -0.25) is 29.8 Å². The molecule has 0 rings (SSSR count). The SMILES string of the molecule is CCCCCCCCC=CCCCCCCCC(=O)NC(=O)C(=O)NC(=O)CCCCCCCC=CCCCCCCCC. The van der Waals surface area contributed by atoms with Crippen molar-refractivity contribution in [2.24, 2.45) is 0 Å². The second kappa shape index (κ2) is 33.6. The van der Waals surface area contributed by atoms with E-state index in [1.807, 2.05) is 0 Å². The predicted octanol–water partition coefficient (Wildman–Crippen LogP) is 10.3. The zero-order valence-electron chi connectivity index (χ0n) is 28.7. The highest BCUT2D eigenvalue weighted by Crippen LogP contribution is 2.11. The first-order valence-corrected chi connectivity index (χ1v) is 18.5. The minimum atomic E-state index is -1.05. The van der Waals surface area contributed by atoms with Crippen LogP contribution in [-0.4, -0.2) is 23.6 Å². The van der Waals surface area contributed by atoms with Crippen LogP contribution in [0.25, 0.3) is 0 Å². The van der Waals surface area contributed by atoms with Crippen LogP contribution in [0.15, 0.2) is 24.3 Å². The van der Waals surface area contributed by atoms with Crippen molar-refractivity contribution in [2.75, 3.05) is 0 Å². The molecule has 0 aliphatic carbocycles. The predicted molar refractivity (Wildman–Crippen MR) is 185 cm³/mol. The molecule has 0 saturated carbocycles. The molecular weight excluding hydrogens is 548 g/mol. The third kappa shape index (κ3) is 31.2. The summed E-state index contributed by atoms with van der Waals surface area (Å²) in [5, 5.41) is 4.20. The van der Waals surface area contributed by atoms with Crippen LogP contribution in [0.5, 0.6) is 0 Å². The van der Waals surface area contributed by atoms with Crippen LogP contribution < -0.4 is 10.6 Å². The normalized spacial score (nSPS) is 11.4. The number of carbonyl (C=O) groups is 4. The van der Waals surface area contributed by atoms with Gasteiger partial charge in [-0.15, -0.1) is 0 Å². The monoisotopic (exact) mass is 617 g/mol. The summed E-state index contributed by atoms with van der Waals surface area (Å²) in [6.45, 7) is 4.49. The Morgan fingerprint density at radius 1 is 0.364 bits per heavy atom. The maximum atomic E-state index is 12.0. The van der Waals surface area contributed by atoms with Crippen LogP contribution in [0.1, 0.15) is 194 Å². The zero-order chi connectivity index (χ0) is 32.4. The van der Waals surface area contributed by atoms with Gasteiger partial charge in [0.1, 0.15) is 0 Å². The van der Waals surface area contributed by atoms with E-state index < -0.39 is 23.6 Å². The third-order valence-corrected chi connectivity index (χ3v) is 8.04. The molecule has 0 aliphatic heterocycles. The summed E-state index contributed by atoms with van der Waals surface area (Å²) in [6, 6.07) is 0. The summed E-state index contributed by atoms with van der Waals surface area (Å²) >= 11 is 0. The number of amides is 4. The van der Waals surface area contributed by atoms with Gasteiger partial charge in [-0.2, -0.15) is 0 Å². The summed E-state index contributed by atoms with van der Waals surface area (Å²) in [5.74, 6) is -3.04. The molecule has 0 fully saturated rings.